The van der Waals surface area contributed by atoms with Gasteiger partial charge in [0.2, 0.25) is 0 Å². The van der Waals surface area contributed by atoms with E-state index in [4.69, 9.17) is 5.11 Å². The Bertz CT molecular complexity index is 525. The van der Waals surface area contributed by atoms with Gasteiger partial charge in [-0.25, -0.2) is 9.59 Å². The Balaban J connectivity index is 2.63. The van der Waals surface area contributed by atoms with E-state index in [-0.39, 0.29) is 5.92 Å². The topological polar surface area (TPSA) is 96.3 Å². The molecule has 0 aliphatic carbocycles. The second-order valence-electron chi connectivity index (χ2n) is 5.30. The van der Waals surface area contributed by atoms with E-state index < -0.39 is 18.0 Å². The third-order valence-corrected chi connectivity index (χ3v) is 3.85. The standard InChI is InChI=1S/C14H24N4O3/c1-6-8(2)12(13(19)20)16-14(21)15-7-11-9(3)17-18(5)10(11)4/h8,12H,6-7H2,1-5H3,(H,19,20)(H2,15,16,21)/t8-,12-/m0/s1. The van der Waals surface area contributed by atoms with E-state index in [1.165, 1.54) is 0 Å². The minimum absolute atomic E-state index is 0.130. The van der Waals surface area contributed by atoms with Gasteiger partial charge in [-0.2, -0.15) is 5.10 Å². The summed E-state index contributed by atoms with van der Waals surface area (Å²) in [6.07, 6.45) is 0.679. The summed E-state index contributed by atoms with van der Waals surface area (Å²) in [4.78, 5) is 23.0. The molecule has 1 rings (SSSR count). The number of nitrogens with zero attached hydrogens (tertiary/aromatic N) is 2. The maximum Gasteiger partial charge on any atom is 0.326 e. The summed E-state index contributed by atoms with van der Waals surface area (Å²) in [7, 11) is 1.84. The number of aromatic nitrogens is 2. The van der Waals surface area contributed by atoms with Crippen molar-refractivity contribution in [2.24, 2.45) is 13.0 Å². The first-order valence-corrected chi connectivity index (χ1v) is 7.04. The molecule has 0 aromatic carbocycles. The Hall–Kier alpha value is -2.05. The monoisotopic (exact) mass is 296 g/mol. The van der Waals surface area contributed by atoms with Crippen LogP contribution in [-0.2, 0) is 18.4 Å². The third kappa shape index (κ3) is 4.21. The van der Waals surface area contributed by atoms with Crippen molar-refractivity contribution in [1.82, 2.24) is 20.4 Å². The van der Waals surface area contributed by atoms with Crippen LogP contribution in [0.3, 0.4) is 0 Å². The molecule has 0 spiro atoms. The van der Waals surface area contributed by atoms with Crippen LogP contribution in [0.1, 0.15) is 37.2 Å². The van der Waals surface area contributed by atoms with Gasteiger partial charge >= 0.3 is 12.0 Å². The molecule has 1 aromatic heterocycles. The van der Waals surface area contributed by atoms with E-state index in [0.717, 1.165) is 17.0 Å². The summed E-state index contributed by atoms with van der Waals surface area (Å²) in [5.74, 6) is -1.15. The van der Waals surface area contributed by atoms with Crippen LogP contribution in [0.25, 0.3) is 0 Å². The van der Waals surface area contributed by atoms with Gasteiger partial charge in [-0.15, -0.1) is 0 Å². The lowest BCUT2D eigenvalue weighted by molar-refractivity contribution is -0.140. The van der Waals surface area contributed by atoms with Crippen LogP contribution in [0, 0.1) is 19.8 Å². The van der Waals surface area contributed by atoms with E-state index in [1.54, 1.807) is 11.6 Å². The number of aryl methyl sites for hydroxylation is 2. The van der Waals surface area contributed by atoms with Gasteiger partial charge in [0.1, 0.15) is 6.04 Å². The first-order chi connectivity index (χ1) is 9.77. The highest BCUT2D eigenvalue weighted by molar-refractivity contribution is 5.82. The number of urea groups is 1. The van der Waals surface area contributed by atoms with Crippen molar-refractivity contribution < 1.29 is 14.7 Å². The Morgan fingerprint density at radius 1 is 1.38 bits per heavy atom. The molecule has 21 heavy (non-hydrogen) atoms. The molecule has 7 heteroatoms. The molecule has 0 radical (unpaired) electrons. The van der Waals surface area contributed by atoms with Crippen molar-refractivity contribution >= 4 is 12.0 Å². The maximum atomic E-state index is 11.9. The number of carbonyl (C=O) groups excluding carboxylic acids is 1. The number of carboxylic acids is 1. The Morgan fingerprint density at radius 3 is 2.43 bits per heavy atom. The van der Waals surface area contributed by atoms with Crippen LogP contribution >= 0.6 is 0 Å². The quantitative estimate of drug-likeness (QED) is 0.738. The zero-order chi connectivity index (χ0) is 16.2. The first-order valence-electron chi connectivity index (χ1n) is 7.04. The van der Waals surface area contributed by atoms with Gasteiger partial charge in [-0.1, -0.05) is 20.3 Å². The fourth-order valence-corrected chi connectivity index (χ4v) is 2.12. The van der Waals surface area contributed by atoms with Crippen LogP contribution in [0.2, 0.25) is 0 Å². The highest BCUT2D eigenvalue weighted by atomic mass is 16.4. The molecular formula is C14H24N4O3. The summed E-state index contributed by atoms with van der Waals surface area (Å²) in [5, 5.41) is 18.6. The summed E-state index contributed by atoms with van der Waals surface area (Å²) < 4.78 is 1.75. The molecule has 0 bridgehead atoms. The average molecular weight is 296 g/mol. The lowest BCUT2D eigenvalue weighted by Gasteiger charge is -2.20. The fraction of sp³-hybridized carbons (Fsp3) is 0.643. The zero-order valence-electron chi connectivity index (χ0n) is 13.2. The molecule has 0 saturated carbocycles. The second kappa shape index (κ2) is 7.10. The van der Waals surface area contributed by atoms with Crippen molar-refractivity contribution in [3.63, 3.8) is 0 Å². The number of carbonyl (C=O) groups is 2. The summed E-state index contributed by atoms with van der Waals surface area (Å²) in [5.41, 5.74) is 2.78. The smallest absolute Gasteiger partial charge is 0.326 e. The molecule has 3 N–H and O–H groups in total. The summed E-state index contributed by atoms with van der Waals surface area (Å²) in [6, 6.07) is -1.36. The maximum absolute atomic E-state index is 11.9. The molecule has 0 aliphatic rings. The Morgan fingerprint density at radius 2 is 2.00 bits per heavy atom. The number of amides is 2. The van der Waals surface area contributed by atoms with Gasteiger partial charge in [0.05, 0.1) is 5.69 Å². The number of carboxylic acid groups (broad SMARTS) is 1. The minimum atomic E-state index is -1.02. The van der Waals surface area contributed by atoms with Gasteiger partial charge < -0.3 is 15.7 Å². The molecule has 2 amide bonds. The fourth-order valence-electron chi connectivity index (χ4n) is 2.12. The van der Waals surface area contributed by atoms with Gasteiger partial charge in [0.25, 0.3) is 0 Å². The van der Waals surface area contributed by atoms with Crippen LogP contribution < -0.4 is 10.6 Å². The van der Waals surface area contributed by atoms with E-state index in [1.807, 2.05) is 27.8 Å². The second-order valence-corrected chi connectivity index (χ2v) is 5.30. The van der Waals surface area contributed by atoms with E-state index in [2.05, 4.69) is 15.7 Å². The van der Waals surface area contributed by atoms with Gasteiger partial charge in [0, 0.05) is 24.8 Å². The predicted molar refractivity (Wildman–Crippen MR) is 78.9 cm³/mol. The van der Waals surface area contributed by atoms with Crippen LogP contribution in [0.5, 0.6) is 0 Å². The van der Waals surface area contributed by atoms with E-state index in [0.29, 0.717) is 13.0 Å². The minimum Gasteiger partial charge on any atom is -0.480 e. The number of hydrogen-bond donors (Lipinski definition) is 3. The van der Waals surface area contributed by atoms with Crippen LogP contribution in [0.4, 0.5) is 4.79 Å². The largest absolute Gasteiger partial charge is 0.480 e. The zero-order valence-corrected chi connectivity index (χ0v) is 13.2. The number of hydrogen-bond acceptors (Lipinski definition) is 3. The first kappa shape index (κ1) is 17.0. The molecule has 118 valence electrons. The Labute approximate surface area is 124 Å². The SMILES string of the molecule is CC[C@H](C)[C@H](NC(=O)NCc1c(C)nn(C)c1C)C(=O)O. The molecule has 1 aromatic rings. The highest BCUT2D eigenvalue weighted by Crippen LogP contribution is 2.11. The average Bonchev–Trinajstić information content (AvgIpc) is 2.66. The van der Waals surface area contributed by atoms with E-state index >= 15 is 0 Å². The number of rotatable bonds is 6. The van der Waals surface area contributed by atoms with Crippen LogP contribution in [0.15, 0.2) is 0 Å². The molecule has 0 saturated heterocycles. The number of aliphatic carboxylic acids is 1. The summed E-state index contributed by atoms with van der Waals surface area (Å²) >= 11 is 0. The lowest BCUT2D eigenvalue weighted by Crippen LogP contribution is -2.48. The molecule has 0 aliphatic heterocycles. The van der Waals surface area contributed by atoms with Crippen molar-refractivity contribution in [3.05, 3.63) is 17.0 Å². The molecule has 7 nitrogen and oxygen atoms in total. The van der Waals surface area contributed by atoms with Crippen LogP contribution in [-0.4, -0.2) is 32.9 Å². The molecule has 2 atom stereocenters. The van der Waals surface area contributed by atoms with Crippen molar-refractivity contribution in [3.8, 4) is 0 Å². The molecule has 0 fully saturated rings. The predicted octanol–water partition coefficient (Wildman–Crippen LogP) is 1.34. The normalized spacial score (nSPS) is 13.6. The molecular weight excluding hydrogens is 272 g/mol. The summed E-state index contributed by atoms with van der Waals surface area (Å²) in [6.45, 7) is 7.82. The van der Waals surface area contributed by atoms with Gasteiger partial charge in [0.15, 0.2) is 0 Å². The number of nitrogens with one attached hydrogen (secondary N) is 2. The van der Waals surface area contributed by atoms with Gasteiger partial charge in [-0.05, 0) is 19.8 Å². The lowest BCUT2D eigenvalue weighted by atomic mass is 9.99. The van der Waals surface area contributed by atoms with E-state index in [9.17, 15) is 9.59 Å². The van der Waals surface area contributed by atoms with Crippen molar-refractivity contribution in [2.75, 3.05) is 0 Å². The Kier molecular flexibility index (Phi) is 5.75. The highest BCUT2D eigenvalue weighted by Gasteiger charge is 2.25. The molecule has 0 unspecified atom stereocenters. The van der Waals surface area contributed by atoms with Crippen molar-refractivity contribution in [2.45, 2.75) is 46.7 Å². The third-order valence-electron chi connectivity index (χ3n) is 3.85. The van der Waals surface area contributed by atoms with Crippen molar-refractivity contribution in [1.29, 1.82) is 0 Å². The van der Waals surface area contributed by atoms with Gasteiger partial charge in [-0.3, -0.25) is 4.68 Å². The molecule has 1 heterocycles.